The third kappa shape index (κ3) is 2.58. The lowest BCUT2D eigenvalue weighted by molar-refractivity contribution is -0.122. The molecule has 1 aliphatic rings. The molecule has 1 unspecified atom stereocenters. The minimum Gasteiger partial charge on any atom is -0.479 e. The highest BCUT2D eigenvalue weighted by Crippen LogP contribution is 2.32. The second kappa shape index (κ2) is 5.29. The molecule has 1 aromatic rings. The van der Waals surface area contributed by atoms with Crippen LogP contribution in [0.5, 0.6) is 5.75 Å². The molecule has 1 amide bonds. The van der Waals surface area contributed by atoms with Crippen LogP contribution in [0.4, 0.5) is 11.4 Å². The summed E-state index contributed by atoms with van der Waals surface area (Å²) in [7, 11) is 0. The summed E-state index contributed by atoms with van der Waals surface area (Å²) in [6.45, 7) is 6.06. The van der Waals surface area contributed by atoms with Crippen molar-refractivity contribution in [1.82, 2.24) is 0 Å². The summed E-state index contributed by atoms with van der Waals surface area (Å²) >= 11 is 0. The van der Waals surface area contributed by atoms with Gasteiger partial charge in [-0.15, -0.1) is 0 Å². The highest BCUT2D eigenvalue weighted by atomic mass is 16.5. The average molecular weight is 248 g/mol. The summed E-state index contributed by atoms with van der Waals surface area (Å²) in [5.41, 5.74) is 1.76. The Labute approximate surface area is 108 Å². The van der Waals surface area contributed by atoms with E-state index in [-0.39, 0.29) is 5.91 Å². The summed E-state index contributed by atoms with van der Waals surface area (Å²) in [4.78, 5) is 11.5. The number of hydrogen-bond donors (Lipinski definition) is 2. The number of carbonyl (C=O) groups is 1. The van der Waals surface area contributed by atoms with Crippen molar-refractivity contribution >= 4 is 17.3 Å². The zero-order valence-electron chi connectivity index (χ0n) is 11.1. The molecular formula is C14H20N2O2. The van der Waals surface area contributed by atoms with Crippen LogP contribution in [-0.2, 0) is 4.79 Å². The Morgan fingerprint density at radius 3 is 2.78 bits per heavy atom. The van der Waals surface area contributed by atoms with Crippen molar-refractivity contribution < 1.29 is 9.53 Å². The molecule has 1 atom stereocenters. The maximum atomic E-state index is 11.5. The first-order chi connectivity index (χ1) is 8.63. The fraction of sp³-hybridized carbons (Fsp3) is 0.500. The topological polar surface area (TPSA) is 50.4 Å². The lowest BCUT2D eigenvalue weighted by atomic mass is 10.1. The minimum absolute atomic E-state index is 0.0952. The molecule has 1 aromatic carbocycles. The van der Waals surface area contributed by atoms with Gasteiger partial charge in [-0.1, -0.05) is 13.8 Å². The Balaban J connectivity index is 2.17. The molecule has 2 N–H and O–H groups in total. The number of carbonyl (C=O) groups excluding carboxylic acids is 1. The van der Waals surface area contributed by atoms with Crippen molar-refractivity contribution in [2.45, 2.75) is 45.8 Å². The standard InChI is InChI=1S/C14H20N2O2/c1-4-10(5-2)15-11-6-7-13-12(8-11)16-14(17)9(3)18-13/h6-10,15H,4-5H2,1-3H3,(H,16,17). The van der Waals surface area contributed by atoms with Gasteiger partial charge in [-0.05, 0) is 38.0 Å². The SMILES string of the molecule is CCC(CC)Nc1ccc2c(c1)NC(=O)C(C)O2. The number of benzene rings is 1. The van der Waals surface area contributed by atoms with Crippen molar-refractivity contribution in [3.05, 3.63) is 18.2 Å². The highest BCUT2D eigenvalue weighted by Gasteiger charge is 2.23. The van der Waals surface area contributed by atoms with Crippen LogP contribution >= 0.6 is 0 Å². The Hall–Kier alpha value is -1.71. The number of hydrogen-bond acceptors (Lipinski definition) is 3. The van der Waals surface area contributed by atoms with Crippen LogP contribution in [0.15, 0.2) is 18.2 Å². The molecular weight excluding hydrogens is 228 g/mol. The summed E-state index contributed by atoms with van der Waals surface area (Å²) in [6.07, 6.45) is 1.73. The molecule has 0 spiro atoms. The molecule has 1 aliphatic heterocycles. The maximum absolute atomic E-state index is 11.5. The zero-order chi connectivity index (χ0) is 13.1. The van der Waals surface area contributed by atoms with E-state index in [2.05, 4.69) is 24.5 Å². The van der Waals surface area contributed by atoms with E-state index in [4.69, 9.17) is 4.74 Å². The molecule has 0 fully saturated rings. The van der Waals surface area contributed by atoms with Gasteiger partial charge in [0, 0.05) is 11.7 Å². The summed E-state index contributed by atoms with van der Waals surface area (Å²) in [5, 5.41) is 6.30. The monoisotopic (exact) mass is 248 g/mol. The van der Waals surface area contributed by atoms with Crippen molar-refractivity contribution in [2.75, 3.05) is 10.6 Å². The molecule has 98 valence electrons. The van der Waals surface area contributed by atoms with Crippen LogP contribution < -0.4 is 15.4 Å². The number of anilines is 2. The van der Waals surface area contributed by atoms with Crippen LogP contribution in [0, 0.1) is 0 Å². The van der Waals surface area contributed by atoms with E-state index in [0.717, 1.165) is 30.0 Å². The molecule has 2 rings (SSSR count). The van der Waals surface area contributed by atoms with Gasteiger partial charge in [0.1, 0.15) is 5.75 Å². The molecule has 0 aromatic heterocycles. The van der Waals surface area contributed by atoms with Crippen LogP contribution in [-0.4, -0.2) is 18.1 Å². The van der Waals surface area contributed by atoms with Crippen LogP contribution in [0.3, 0.4) is 0 Å². The van der Waals surface area contributed by atoms with Crippen molar-refractivity contribution in [3.8, 4) is 5.75 Å². The molecule has 0 saturated carbocycles. The number of nitrogens with one attached hydrogen (secondary N) is 2. The van der Waals surface area contributed by atoms with Crippen molar-refractivity contribution in [2.24, 2.45) is 0 Å². The first kappa shape index (κ1) is 12.7. The predicted octanol–water partition coefficient (Wildman–Crippen LogP) is 3.01. The van der Waals surface area contributed by atoms with Gasteiger partial charge in [-0.3, -0.25) is 4.79 Å². The van der Waals surface area contributed by atoms with E-state index in [1.807, 2.05) is 18.2 Å². The van der Waals surface area contributed by atoms with Crippen LogP contribution in [0.25, 0.3) is 0 Å². The van der Waals surface area contributed by atoms with Crippen molar-refractivity contribution in [3.63, 3.8) is 0 Å². The molecule has 4 heteroatoms. The van der Waals surface area contributed by atoms with E-state index in [9.17, 15) is 4.79 Å². The van der Waals surface area contributed by atoms with E-state index in [0.29, 0.717) is 6.04 Å². The number of fused-ring (bicyclic) bond motifs is 1. The van der Waals surface area contributed by atoms with Gasteiger partial charge in [-0.25, -0.2) is 0 Å². The predicted molar refractivity (Wildman–Crippen MR) is 73.2 cm³/mol. The summed E-state index contributed by atoms with van der Waals surface area (Å²) in [5.74, 6) is 0.638. The number of amides is 1. The van der Waals surface area contributed by atoms with Gasteiger partial charge in [0.05, 0.1) is 5.69 Å². The Kier molecular flexibility index (Phi) is 3.75. The maximum Gasteiger partial charge on any atom is 0.265 e. The Morgan fingerprint density at radius 1 is 1.39 bits per heavy atom. The summed E-state index contributed by atoms with van der Waals surface area (Å²) < 4.78 is 5.52. The second-order valence-electron chi connectivity index (χ2n) is 4.62. The fourth-order valence-corrected chi connectivity index (χ4v) is 2.03. The Bertz CT molecular complexity index is 441. The summed E-state index contributed by atoms with van der Waals surface area (Å²) in [6, 6.07) is 6.27. The van der Waals surface area contributed by atoms with Crippen LogP contribution in [0.1, 0.15) is 33.6 Å². The first-order valence-electron chi connectivity index (χ1n) is 6.52. The van der Waals surface area contributed by atoms with E-state index >= 15 is 0 Å². The Morgan fingerprint density at radius 2 is 2.11 bits per heavy atom. The average Bonchev–Trinajstić information content (AvgIpc) is 2.37. The first-order valence-corrected chi connectivity index (χ1v) is 6.52. The third-order valence-electron chi connectivity index (χ3n) is 3.27. The minimum atomic E-state index is -0.421. The van der Waals surface area contributed by atoms with Gasteiger partial charge in [0.2, 0.25) is 0 Å². The van der Waals surface area contributed by atoms with E-state index < -0.39 is 6.10 Å². The molecule has 1 heterocycles. The largest absolute Gasteiger partial charge is 0.479 e. The highest BCUT2D eigenvalue weighted by molar-refractivity contribution is 5.98. The van der Waals surface area contributed by atoms with Crippen molar-refractivity contribution in [1.29, 1.82) is 0 Å². The lowest BCUT2D eigenvalue weighted by Crippen LogP contribution is -2.34. The van der Waals surface area contributed by atoms with Gasteiger partial charge < -0.3 is 15.4 Å². The fourth-order valence-electron chi connectivity index (χ4n) is 2.03. The second-order valence-corrected chi connectivity index (χ2v) is 4.62. The zero-order valence-corrected chi connectivity index (χ0v) is 11.1. The molecule has 18 heavy (non-hydrogen) atoms. The molecule has 0 aliphatic carbocycles. The number of ether oxygens (including phenoxy) is 1. The third-order valence-corrected chi connectivity index (χ3v) is 3.27. The van der Waals surface area contributed by atoms with Gasteiger partial charge in [0.15, 0.2) is 6.10 Å². The molecule has 0 radical (unpaired) electrons. The molecule has 4 nitrogen and oxygen atoms in total. The van der Waals surface area contributed by atoms with E-state index in [1.54, 1.807) is 6.92 Å². The van der Waals surface area contributed by atoms with Gasteiger partial charge >= 0.3 is 0 Å². The van der Waals surface area contributed by atoms with E-state index in [1.165, 1.54) is 0 Å². The lowest BCUT2D eigenvalue weighted by Gasteiger charge is -2.24. The number of rotatable bonds is 4. The van der Waals surface area contributed by atoms with Crippen LogP contribution in [0.2, 0.25) is 0 Å². The molecule has 0 saturated heterocycles. The smallest absolute Gasteiger partial charge is 0.265 e. The quantitative estimate of drug-likeness (QED) is 0.861. The van der Waals surface area contributed by atoms with Gasteiger partial charge in [0.25, 0.3) is 5.91 Å². The normalized spacial score (nSPS) is 18.0. The molecule has 0 bridgehead atoms. The van der Waals surface area contributed by atoms with Gasteiger partial charge in [-0.2, -0.15) is 0 Å².